The summed E-state index contributed by atoms with van der Waals surface area (Å²) in [5.74, 6) is -0.547. The van der Waals surface area contributed by atoms with E-state index in [2.05, 4.69) is 0 Å². The number of esters is 1. The number of ether oxygens (including phenoxy) is 2. The number of hydrogen-bond donors (Lipinski definition) is 0. The number of carbonyl (C=O) groups is 2. The molecule has 0 radical (unpaired) electrons. The lowest BCUT2D eigenvalue weighted by molar-refractivity contribution is -0.147. The zero-order valence-corrected chi connectivity index (χ0v) is 16.0. The van der Waals surface area contributed by atoms with Gasteiger partial charge in [-0.15, -0.1) is 0 Å². The lowest BCUT2D eigenvalue weighted by atomic mass is 9.92. The highest BCUT2D eigenvalue weighted by atomic mass is 16.6. The molecular formula is C20H29NO4. The number of rotatable bonds is 4. The number of nitrogens with zero attached hydrogens (tertiary/aromatic N) is 1. The van der Waals surface area contributed by atoms with E-state index >= 15 is 0 Å². The third-order valence-corrected chi connectivity index (χ3v) is 4.01. The topological polar surface area (TPSA) is 55.8 Å². The summed E-state index contributed by atoms with van der Waals surface area (Å²) in [4.78, 5) is 27.1. The predicted octanol–water partition coefficient (Wildman–Crippen LogP) is 3.63. The summed E-state index contributed by atoms with van der Waals surface area (Å²) >= 11 is 0. The lowest BCUT2D eigenvalue weighted by Crippen LogP contribution is -2.48. The van der Waals surface area contributed by atoms with Crippen molar-refractivity contribution in [2.45, 2.75) is 65.8 Å². The molecule has 1 fully saturated rings. The number of carbonyl (C=O) groups excluding carboxylic acids is 2. The summed E-state index contributed by atoms with van der Waals surface area (Å²) in [6.45, 7) is 12.2. The van der Waals surface area contributed by atoms with Crippen molar-refractivity contribution in [1.82, 2.24) is 4.90 Å². The van der Waals surface area contributed by atoms with E-state index in [1.807, 2.05) is 59.7 Å². The molecule has 1 amide bonds. The third kappa shape index (κ3) is 4.82. The van der Waals surface area contributed by atoms with E-state index in [9.17, 15) is 9.59 Å². The van der Waals surface area contributed by atoms with Gasteiger partial charge in [0.05, 0.1) is 5.60 Å². The first-order valence-corrected chi connectivity index (χ1v) is 8.73. The van der Waals surface area contributed by atoms with Crippen molar-refractivity contribution in [1.29, 1.82) is 0 Å². The Morgan fingerprint density at radius 3 is 2.24 bits per heavy atom. The van der Waals surface area contributed by atoms with Gasteiger partial charge in [-0.3, -0.25) is 9.69 Å². The molecule has 5 nitrogen and oxygen atoms in total. The largest absolute Gasteiger partial charge is 0.439 e. The van der Waals surface area contributed by atoms with E-state index in [0.29, 0.717) is 18.6 Å². The quantitative estimate of drug-likeness (QED) is 0.781. The van der Waals surface area contributed by atoms with Crippen LogP contribution in [0.1, 0.15) is 58.3 Å². The monoisotopic (exact) mass is 347 g/mol. The lowest BCUT2D eigenvalue weighted by Gasteiger charge is -2.34. The summed E-state index contributed by atoms with van der Waals surface area (Å²) in [6, 6.07) is 8.38. The molecule has 2 rings (SSSR count). The first-order chi connectivity index (χ1) is 11.5. The smallest absolute Gasteiger partial charge is 0.331 e. The molecule has 0 saturated carbocycles. The SMILES string of the molecule is CC(C)(C)OCC[C@@H]1C(=O)O[C@@H](C(C)(C)C)N1C(=O)c1ccccc1. The van der Waals surface area contributed by atoms with E-state index in [0.717, 1.165) is 0 Å². The van der Waals surface area contributed by atoms with Crippen molar-refractivity contribution in [3.8, 4) is 0 Å². The summed E-state index contributed by atoms with van der Waals surface area (Å²) in [7, 11) is 0. The van der Waals surface area contributed by atoms with Gasteiger partial charge < -0.3 is 9.47 Å². The van der Waals surface area contributed by atoms with E-state index in [4.69, 9.17) is 9.47 Å². The van der Waals surface area contributed by atoms with E-state index in [1.165, 1.54) is 0 Å². The van der Waals surface area contributed by atoms with Crippen molar-refractivity contribution in [3.05, 3.63) is 35.9 Å². The van der Waals surface area contributed by atoms with Gasteiger partial charge in [-0.1, -0.05) is 39.0 Å². The Kier molecular flexibility index (Phi) is 5.57. The van der Waals surface area contributed by atoms with Crippen molar-refractivity contribution in [2.75, 3.05) is 6.61 Å². The van der Waals surface area contributed by atoms with Crippen LogP contribution in [0.25, 0.3) is 0 Å². The summed E-state index contributed by atoms with van der Waals surface area (Å²) in [6.07, 6.45) is -0.173. The van der Waals surface area contributed by atoms with E-state index in [1.54, 1.807) is 17.0 Å². The Balaban J connectivity index is 2.26. The minimum Gasteiger partial charge on any atom is -0.439 e. The maximum atomic E-state index is 13.1. The van der Waals surface area contributed by atoms with Crippen molar-refractivity contribution in [3.63, 3.8) is 0 Å². The first kappa shape index (κ1) is 19.4. The highest BCUT2D eigenvalue weighted by Crippen LogP contribution is 2.34. The van der Waals surface area contributed by atoms with Crippen molar-refractivity contribution >= 4 is 11.9 Å². The molecular weight excluding hydrogens is 318 g/mol. The molecule has 0 N–H and O–H groups in total. The fourth-order valence-corrected chi connectivity index (χ4v) is 2.83. The fourth-order valence-electron chi connectivity index (χ4n) is 2.83. The van der Waals surface area contributed by atoms with Crippen LogP contribution in [0.15, 0.2) is 30.3 Å². The van der Waals surface area contributed by atoms with E-state index in [-0.39, 0.29) is 22.9 Å². The predicted molar refractivity (Wildman–Crippen MR) is 96.1 cm³/mol. The van der Waals surface area contributed by atoms with Gasteiger partial charge in [0.25, 0.3) is 5.91 Å². The molecule has 1 aliphatic rings. The first-order valence-electron chi connectivity index (χ1n) is 8.73. The standard InChI is InChI=1S/C20H29NO4/c1-19(2,3)18-21(16(22)14-10-8-7-9-11-14)15(17(23)25-18)12-13-24-20(4,5)6/h7-11,15,18H,12-13H2,1-6H3/t15-,18+/m1/s1. The van der Waals surface area contributed by atoms with E-state index < -0.39 is 12.3 Å². The normalized spacial score (nSPS) is 21.4. The highest BCUT2D eigenvalue weighted by molar-refractivity contribution is 5.98. The van der Waals surface area contributed by atoms with Gasteiger partial charge in [0.15, 0.2) is 6.23 Å². The van der Waals surface area contributed by atoms with Crippen LogP contribution >= 0.6 is 0 Å². The maximum absolute atomic E-state index is 13.1. The zero-order chi connectivity index (χ0) is 18.8. The van der Waals surface area contributed by atoms with Crippen LogP contribution in [0, 0.1) is 5.41 Å². The molecule has 0 aromatic heterocycles. The minimum absolute atomic E-state index is 0.188. The molecule has 1 aromatic rings. The van der Waals surface area contributed by atoms with Crippen LogP contribution in [0.5, 0.6) is 0 Å². The molecule has 0 unspecified atom stereocenters. The second-order valence-electron chi connectivity index (χ2n) is 8.50. The molecule has 1 aromatic carbocycles. The van der Waals surface area contributed by atoms with Crippen LogP contribution < -0.4 is 0 Å². The average molecular weight is 347 g/mol. The molecule has 0 spiro atoms. The third-order valence-electron chi connectivity index (χ3n) is 4.01. The number of benzene rings is 1. The highest BCUT2D eigenvalue weighted by Gasteiger charge is 2.49. The molecule has 5 heteroatoms. The van der Waals surface area contributed by atoms with Crippen LogP contribution in [0.4, 0.5) is 0 Å². The molecule has 138 valence electrons. The van der Waals surface area contributed by atoms with Crippen LogP contribution in [0.2, 0.25) is 0 Å². The van der Waals surface area contributed by atoms with Gasteiger partial charge in [-0.2, -0.15) is 0 Å². The molecule has 1 saturated heterocycles. The summed E-state index contributed by atoms with van der Waals surface area (Å²) in [5, 5.41) is 0. The van der Waals surface area contributed by atoms with Crippen molar-refractivity contribution < 1.29 is 19.1 Å². The molecule has 2 atom stereocenters. The fraction of sp³-hybridized carbons (Fsp3) is 0.600. The Hall–Kier alpha value is -1.88. The molecule has 1 heterocycles. The van der Waals surface area contributed by atoms with Gasteiger partial charge >= 0.3 is 5.97 Å². The summed E-state index contributed by atoms with van der Waals surface area (Å²) < 4.78 is 11.3. The Morgan fingerprint density at radius 1 is 1.12 bits per heavy atom. The van der Waals surface area contributed by atoms with Crippen LogP contribution in [0.3, 0.4) is 0 Å². The maximum Gasteiger partial charge on any atom is 0.331 e. The average Bonchev–Trinajstić information content (AvgIpc) is 2.83. The molecule has 25 heavy (non-hydrogen) atoms. The Labute approximate surface area is 150 Å². The van der Waals surface area contributed by atoms with Gasteiger partial charge in [0.2, 0.25) is 0 Å². The zero-order valence-electron chi connectivity index (χ0n) is 16.0. The number of hydrogen-bond acceptors (Lipinski definition) is 4. The second kappa shape index (κ2) is 7.16. The van der Waals surface area contributed by atoms with Gasteiger partial charge in [0.1, 0.15) is 6.04 Å². The Morgan fingerprint density at radius 2 is 1.72 bits per heavy atom. The summed E-state index contributed by atoms with van der Waals surface area (Å²) in [5.41, 5.74) is -0.114. The van der Waals surface area contributed by atoms with Gasteiger partial charge in [0, 0.05) is 24.0 Å². The van der Waals surface area contributed by atoms with Gasteiger partial charge in [-0.05, 0) is 32.9 Å². The molecule has 1 aliphatic heterocycles. The molecule has 0 aliphatic carbocycles. The molecule has 0 bridgehead atoms. The van der Waals surface area contributed by atoms with Gasteiger partial charge in [-0.25, -0.2) is 4.79 Å². The minimum atomic E-state index is -0.626. The second-order valence-corrected chi connectivity index (χ2v) is 8.50. The number of cyclic esters (lactones) is 1. The van der Waals surface area contributed by atoms with Crippen LogP contribution in [-0.2, 0) is 14.3 Å². The van der Waals surface area contributed by atoms with Crippen LogP contribution in [-0.4, -0.2) is 41.3 Å². The Bertz CT molecular complexity index is 613. The number of amides is 1. The van der Waals surface area contributed by atoms with Crippen molar-refractivity contribution in [2.24, 2.45) is 5.41 Å².